The van der Waals surface area contributed by atoms with Crippen LogP contribution in [0, 0.1) is 6.92 Å². The Kier molecular flexibility index (Phi) is 6.95. The minimum Gasteiger partial charge on any atom is -0.340 e. The number of thiazole rings is 1. The van der Waals surface area contributed by atoms with Crippen LogP contribution in [0.3, 0.4) is 0 Å². The van der Waals surface area contributed by atoms with Crippen molar-refractivity contribution in [3.63, 3.8) is 0 Å². The van der Waals surface area contributed by atoms with Gasteiger partial charge >= 0.3 is 0 Å². The van der Waals surface area contributed by atoms with Crippen LogP contribution < -0.4 is 10.6 Å². The summed E-state index contributed by atoms with van der Waals surface area (Å²) in [4.78, 5) is 33.1. The average molecular weight is 539 g/mol. The highest BCUT2D eigenvalue weighted by molar-refractivity contribution is 9.10. The maximum absolute atomic E-state index is 14.1. The van der Waals surface area contributed by atoms with Crippen molar-refractivity contribution in [1.82, 2.24) is 15.6 Å². The Morgan fingerprint density at radius 1 is 1.12 bits per heavy atom. The molecule has 1 aliphatic heterocycles. The van der Waals surface area contributed by atoms with E-state index in [2.05, 4.69) is 45.6 Å². The van der Waals surface area contributed by atoms with E-state index in [-0.39, 0.29) is 17.7 Å². The molecule has 7 heteroatoms. The Labute approximate surface area is 212 Å². The number of Topliss-reactive ketones (excluding diaryl/α,β-unsaturated/α-hetero) is 1. The number of amides is 1. The Morgan fingerprint density at radius 3 is 2.65 bits per heavy atom. The van der Waals surface area contributed by atoms with Crippen LogP contribution in [0.4, 0.5) is 0 Å². The third kappa shape index (κ3) is 5.16. The van der Waals surface area contributed by atoms with Crippen LogP contribution in [0.2, 0.25) is 0 Å². The Balaban J connectivity index is 1.51. The van der Waals surface area contributed by atoms with Crippen LogP contribution in [-0.4, -0.2) is 35.3 Å². The summed E-state index contributed by atoms with van der Waals surface area (Å²) in [5.74, 6) is 0.0989. The van der Waals surface area contributed by atoms with E-state index >= 15 is 0 Å². The molecule has 2 N–H and O–H groups in total. The molecule has 2 atom stereocenters. The molecule has 0 radical (unpaired) electrons. The van der Waals surface area contributed by atoms with Crippen molar-refractivity contribution in [2.45, 2.75) is 57.0 Å². The number of hydrogen-bond acceptors (Lipinski definition) is 5. The molecule has 0 bridgehead atoms. The van der Waals surface area contributed by atoms with E-state index in [1.54, 1.807) is 23.5 Å². The van der Waals surface area contributed by atoms with E-state index in [0.29, 0.717) is 17.2 Å². The second-order valence-corrected chi connectivity index (χ2v) is 11.2. The molecule has 1 aromatic heterocycles. The van der Waals surface area contributed by atoms with Gasteiger partial charge in [-0.15, -0.1) is 11.3 Å². The fraction of sp³-hybridized carbons (Fsp3) is 0.370. The summed E-state index contributed by atoms with van der Waals surface area (Å²) in [7, 11) is 0. The van der Waals surface area contributed by atoms with Gasteiger partial charge in [0.25, 0.3) is 5.91 Å². The first-order valence-electron chi connectivity index (χ1n) is 11.9. The number of aromatic nitrogens is 1. The van der Waals surface area contributed by atoms with E-state index < -0.39 is 6.04 Å². The highest BCUT2D eigenvalue weighted by atomic mass is 79.9. The topological polar surface area (TPSA) is 71.1 Å². The van der Waals surface area contributed by atoms with Crippen molar-refractivity contribution in [3.8, 4) is 10.4 Å². The van der Waals surface area contributed by atoms with Crippen molar-refractivity contribution in [2.24, 2.45) is 0 Å². The quantitative estimate of drug-likeness (QED) is 0.369. The molecular weight excluding hydrogens is 510 g/mol. The number of carbonyl (C=O) groups excluding carboxylic acids is 2. The van der Waals surface area contributed by atoms with Crippen molar-refractivity contribution in [3.05, 3.63) is 74.8 Å². The molecule has 1 saturated carbocycles. The zero-order chi connectivity index (χ0) is 23.7. The van der Waals surface area contributed by atoms with Gasteiger partial charge in [0, 0.05) is 22.0 Å². The first kappa shape index (κ1) is 23.4. The lowest BCUT2D eigenvalue weighted by molar-refractivity contribution is 0.0823. The molecule has 5 rings (SSSR count). The van der Waals surface area contributed by atoms with Gasteiger partial charge in [0.15, 0.2) is 0 Å². The minimum absolute atomic E-state index is 0.109. The zero-order valence-corrected chi connectivity index (χ0v) is 21.5. The van der Waals surface area contributed by atoms with Crippen LogP contribution in [0.1, 0.15) is 69.4 Å². The number of nitrogens with zero attached hydrogens (tertiary/aromatic N) is 1. The number of rotatable bonds is 7. The van der Waals surface area contributed by atoms with Gasteiger partial charge in [-0.3, -0.25) is 9.59 Å². The van der Waals surface area contributed by atoms with Gasteiger partial charge in [-0.2, -0.15) is 0 Å². The molecule has 3 aromatic rings. The molecule has 2 aliphatic rings. The molecular formula is C27H28BrN3O2S. The maximum Gasteiger partial charge on any atom is 0.251 e. The number of hydrogen-bond donors (Lipinski definition) is 2. The standard InChI is InChI=1S/C27H28BrN3O2S/c1-16-6-4-7-18(14-16)25-23(31-27(34-25)17-11-12-17)24(32)22(21-10-2-3-13-29-21)30-26(33)19-8-5-9-20(28)15-19/h4-9,14-15,17,21-22,29H,2-3,10-13H2,1H3,(H,30,33). The van der Waals surface area contributed by atoms with Crippen LogP contribution >= 0.6 is 27.3 Å². The summed E-state index contributed by atoms with van der Waals surface area (Å²) in [6, 6.07) is 14.7. The Morgan fingerprint density at radius 2 is 1.94 bits per heavy atom. The largest absolute Gasteiger partial charge is 0.340 e. The smallest absolute Gasteiger partial charge is 0.251 e. The van der Waals surface area contributed by atoms with Gasteiger partial charge in [-0.1, -0.05) is 58.2 Å². The van der Waals surface area contributed by atoms with Crippen LogP contribution in [0.5, 0.6) is 0 Å². The molecule has 5 nitrogen and oxygen atoms in total. The number of piperidine rings is 1. The molecule has 2 heterocycles. The molecule has 1 aliphatic carbocycles. The van der Waals surface area contributed by atoms with E-state index in [1.807, 2.05) is 24.3 Å². The lowest BCUT2D eigenvalue weighted by atomic mass is 9.92. The molecule has 2 aromatic carbocycles. The molecule has 1 saturated heterocycles. The first-order valence-corrected chi connectivity index (χ1v) is 13.5. The molecule has 2 unspecified atom stereocenters. The summed E-state index contributed by atoms with van der Waals surface area (Å²) in [5.41, 5.74) is 3.18. The van der Waals surface area contributed by atoms with Gasteiger partial charge in [-0.25, -0.2) is 4.98 Å². The number of nitrogens with one attached hydrogen (secondary N) is 2. The van der Waals surface area contributed by atoms with Crippen LogP contribution in [0.25, 0.3) is 10.4 Å². The van der Waals surface area contributed by atoms with Crippen molar-refractivity contribution in [2.75, 3.05) is 6.54 Å². The first-order chi connectivity index (χ1) is 16.5. The van der Waals surface area contributed by atoms with E-state index in [9.17, 15) is 9.59 Å². The van der Waals surface area contributed by atoms with Crippen molar-refractivity contribution < 1.29 is 9.59 Å². The predicted octanol–water partition coefficient (Wildman–Crippen LogP) is 5.88. The summed E-state index contributed by atoms with van der Waals surface area (Å²) in [5, 5.41) is 7.58. The van der Waals surface area contributed by atoms with Gasteiger partial charge in [0.1, 0.15) is 11.7 Å². The average Bonchev–Trinajstić information content (AvgIpc) is 3.60. The van der Waals surface area contributed by atoms with Crippen molar-refractivity contribution in [1.29, 1.82) is 0 Å². The number of aryl methyl sites for hydroxylation is 1. The molecule has 2 fully saturated rings. The zero-order valence-electron chi connectivity index (χ0n) is 19.1. The van der Waals surface area contributed by atoms with Crippen LogP contribution in [0.15, 0.2) is 53.0 Å². The molecule has 34 heavy (non-hydrogen) atoms. The lowest BCUT2D eigenvalue weighted by Crippen LogP contribution is -2.55. The Hall–Kier alpha value is -2.35. The fourth-order valence-corrected chi connectivity index (χ4v) is 6.14. The van der Waals surface area contributed by atoms with Crippen LogP contribution in [-0.2, 0) is 0 Å². The van der Waals surface area contributed by atoms with Gasteiger partial charge in [-0.05, 0) is 62.9 Å². The summed E-state index contributed by atoms with van der Waals surface area (Å²) in [6.45, 7) is 2.90. The third-order valence-corrected chi connectivity index (χ3v) is 8.25. The van der Waals surface area contributed by atoms with E-state index in [4.69, 9.17) is 4.98 Å². The van der Waals surface area contributed by atoms with Crippen molar-refractivity contribution >= 4 is 39.0 Å². The van der Waals surface area contributed by atoms with E-state index in [0.717, 1.165) is 64.1 Å². The maximum atomic E-state index is 14.1. The number of halogens is 1. The normalized spacial score (nSPS) is 18.9. The number of benzene rings is 2. The highest BCUT2D eigenvalue weighted by Gasteiger charge is 2.36. The number of ketones is 1. The fourth-order valence-electron chi connectivity index (χ4n) is 4.50. The molecule has 0 spiro atoms. The highest BCUT2D eigenvalue weighted by Crippen LogP contribution is 2.45. The van der Waals surface area contributed by atoms with Gasteiger partial charge < -0.3 is 10.6 Å². The summed E-state index contributed by atoms with van der Waals surface area (Å²) < 4.78 is 0.828. The monoisotopic (exact) mass is 537 g/mol. The Bertz CT molecular complexity index is 1210. The second kappa shape index (κ2) is 10.1. The van der Waals surface area contributed by atoms with Gasteiger partial charge in [0.2, 0.25) is 5.78 Å². The molecule has 176 valence electrons. The SMILES string of the molecule is Cc1cccc(-c2sc(C3CC3)nc2C(=O)C(NC(=O)c2cccc(Br)c2)C2CCCCN2)c1. The minimum atomic E-state index is -0.676. The second-order valence-electron chi connectivity index (χ2n) is 9.26. The third-order valence-electron chi connectivity index (χ3n) is 6.49. The predicted molar refractivity (Wildman–Crippen MR) is 140 cm³/mol. The summed E-state index contributed by atoms with van der Waals surface area (Å²) >= 11 is 5.06. The molecule has 1 amide bonds. The lowest BCUT2D eigenvalue weighted by Gasteiger charge is -2.31. The van der Waals surface area contributed by atoms with Gasteiger partial charge in [0.05, 0.1) is 9.88 Å². The van der Waals surface area contributed by atoms with E-state index in [1.165, 1.54) is 0 Å². The summed E-state index contributed by atoms with van der Waals surface area (Å²) in [6.07, 6.45) is 5.20. The number of carbonyl (C=O) groups is 2.